The van der Waals surface area contributed by atoms with Crippen LogP contribution in [0.25, 0.3) is 10.9 Å². The fourth-order valence-corrected chi connectivity index (χ4v) is 3.15. The summed E-state index contributed by atoms with van der Waals surface area (Å²) in [4.78, 5) is 14.5. The van der Waals surface area contributed by atoms with Gasteiger partial charge in [-0.1, -0.05) is 38.1 Å². The first kappa shape index (κ1) is 22.1. The van der Waals surface area contributed by atoms with Gasteiger partial charge in [-0.3, -0.25) is 4.79 Å². The molecule has 1 aliphatic carbocycles. The minimum Gasteiger partial charge on any atom is -0.488 e. The molecule has 2 N–H and O–H groups in total. The SMILES string of the molecule is CC.COC(=O)CC(O)c1c(COC2=CCC(C)(Cl)C=C2)[nH]c2ccccc12. The van der Waals surface area contributed by atoms with Crippen molar-refractivity contribution < 1.29 is 19.4 Å². The molecule has 2 atom stereocenters. The number of alkyl halides is 1. The minimum absolute atomic E-state index is 0.113. The van der Waals surface area contributed by atoms with Crippen LogP contribution in [0.1, 0.15) is 51.0 Å². The van der Waals surface area contributed by atoms with E-state index in [9.17, 15) is 9.90 Å². The van der Waals surface area contributed by atoms with Gasteiger partial charge in [0.25, 0.3) is 0 Å². The number of para-hydroxylation sites is 1. The summed E-state index contributed by atoms with van der Waals surface area (Å²) >= 11 is 6.27. The number of rotatable bonds is 6. The first-order valence-electron chi connectivity index (χ1n) is 9.45. The number of hydrogen-bond acceptors (Lipinski definition) is 4. The van der Waals surface area contributed by atoms with Gasteiger partial charge in [-0.25, -0.2) is 0 Å². The topological polar surface area (TPSA) is 71.6 Å². The van der Waals surface area contributed by atoms with Crippen LogP contribution in [-0.2, 0) is 20.9 Å². The summed E-state index contributed by atoms with van der Waals surface area (Å²) in [6.45, 7) is 6.19. The largest absolute Gasteiger partial charge is 0.488 e. The number of nitrogens with one attached hydrogen (secondary N) is 1. The highest BCUT2D eigenvalue weighted by Crippen LogP contribution is 2.32. The molecular weight excluding hydrogens is 378 g/mol. The maximum absolute atomic E-state index is 11.6. The third-order valence-electron chi connectivity index (χ3n) is 4.43. The summed E-state index contributed by atoms with van der Waals surface area (Å²) in [5.41, 5.74) is 2.27. The van der Waals surface area contributed by atoms with Gasteiger partial charge in [0.15, 0.2) is 0 Å². The lowest BCUT2D eigenvalue weighted by molar-refractivity contribution is -0.142. The number of fused-ring (bicyclic) bond motifs is 1. The molecule has 1 aliphatic rings. The molecule has 0 amide bonds. The monoisotopic (exact) mass is 405 g/mol. The average molecular weight is 406 g/mol. The summed E-state index contributed by atoms with van der Waals surface area (Å²) in [6, 6.07) is 7.63. The predicted molar refractivity (Wildman–Crippen MR) is 112 cm³/mol. The lowest BCUT2D eigenvalue weighted by atomic mass is 10.0. The lowest BCUT2D eigenvalue weighted by Crippen LogP contribution is -2.14. The van der Waals surface area contributed by atoms with Gasteiger partial charge in [0.1, 0.15) is 12.4 Å². The molecule has 0 fully saturated rings. The van der Waals surface area contributed by atoms with E-state index in [0.717, 1.165) is 22.4 Å². The van der Waals surface area contributed by atoms with Crippen molar-refractivity contribution in [3.63, 3.8) is 0 Å². The maximum atomic E-state index is 11.6. The number of methoxy groups -OCH3 is 1. The predicted octanol–water partition coefficient (Wildman–Crippen LogP) is 5.15. The minimum atomic E-state index is -0.973. The third-order valence-corrected chi connectivity index (χ3v) is 4.71. The van der Waals surface area contributed by atoms with Crippen molar-refractivity contribution in [2.75, 3.05) is 7.11 Å². The highest BCUT2D eigenvalue weighted by atomic mass is 35.5. The molecule has 5 nitrogen and oxygen atoms in total. The van der Waals surface area contributed by atoms with E-state index in [0.29, 0.717) is 12.0 Å². The molecule has 1 aromatic heterocycles. The Morgan fingerprint density at radius 1 is 1.36 bits per heavy atom. The summed E-state index contributed by atoms with van der Waals surface area (Å²) in [5.74, 6) is 0.268. The van der Waals surface area contributed by atoms with Crippen molar-refractivity contribution in [2.45, 2.75) is 51.2 Å². The van der Waals surface area contributed by atoms with Crippen LogP contribution in [0.15, 0.2) is 48.3 Å². The van der Waals surface area contributed by atoms with Crippen LogP contribution in [-0.4, -0.2) is 28.0 Å². The second-order valence-corrected chi connectivity index (χ2v) is 7.43. The Hall–Kier alpha value is -2.24. The zero-order valence-corrected chi connectivity index (χ0v) is 17.5. The maximum Gasteiger partial charge on any atom is 0.308 e. The zero-order chi connectivity index (χ0) is 20.7. The number of allylic oxidation sites excluding steroid dienone is 3. The fourth-order valence-electron chi connectivity index (χ4n) is 3.01. The molecule has 152 valence electrons. The Balaban J connectivity index is 0.00000136. The number of aromatic nitrogens is 1. The molecule has 0 bridgehead atoms. The van der Waals surface area contributed by atoms with Gasteiger partial charge in [0.2, 0.25) is 0 Å². The summed E-state index contributed by atoms with van der Waals surface area (Å²) in [6.07, 6.45) is 5.30. The first-order valence-corrected chi connectivity index (χ1v) is 9.83. The summed E-state index contributed by atoms with van der Waals surface area (Å²) in [7, 11) is 1.31. The Bertz CT molecular complexity index is 867. The molecule has 1 aromatic carbocycles. The smallest absolute Gasteiger partial charge is 0.308 e. The summed E-state index contributed by atoms with van der Waals surface area (Å²) in [5, 5.41) is 11.4. The van der Waals surface area contributed by atoms with Gasteiger partial charge in [-0.05, 0) is 31.6 Å². The van der Waals surface area contributed by atoms with Crippen LogP contribution in [0, 0.1) is 0 Å². The average Bonchev–Trinajstić information content (AvgIpc) is 3.07. The number of carbonyl (C=O) groups is 1. The quantitative estimate of drug-likeness (QED) is 0.515. The Morgan fingerprint density at radius 2 is 2.07 bits per heavy atom. The van der Waals surface area contributed by atoms with Gasteiger partial charge in [-0.2, -0.15) is 0 Å². The van der Waals surface area contributed by atoms with Crippen molar-refractivity contribution in [3.8, 4) is 0 Å². The van der Waals surface area contributed by atoms with Crippen molar-refractivity contribution >= 4 is 28.5 Å². The molecule has 6 heteroatoms. The number of aliphatic hydroxyl groups excluding tert-OH is 1. The van der Waals surface area contributed by atoms with Crippen molar-refractivity contribution in [1.82, 2.24) is 4.98 Å². The molecule has 28 heavy (non-hydrogen) atoms. The number of aromatic amines is 1. The molecule has 0 aliphatic heterocycles. The fraction of sp³-hybridized carbons (Fsp3) is 0.409. The number of hydrogen-bond donors (Lipinski definition) is 2. The number of ether oxygens (including phenoxy) is 2. The standard InChI is InChI=1S/C20H22ClNO4.C2H6/c1-20(21)9-7-13(8-10-20)26-12-16-19(17(23)11-18(24)25-2)14-5-3-4-6-15(14)22-16;1-2/h3-9,17,22-23H,10-12H2,1-2H3;1-2H3. The Labute approximate surface area is 171 Å². The van der Waals surface area contributed by atoms with Gasteiger partial charge in [-0.15, -0.1) is 11.6 Å². The van der Waals surface area contributed by atoms with Crippen LogP contribution in [0.3, 0.4) is 0 Å². The van der Waals surface area contributed by atoms with Crippen LogP contribution >= 0.6 is 11.6 Å². The van der Waals surface area contributed by atoms with Crippen molar-refractivity contribution in [3.05, 3.63) is 59.5 Å². The van der Waals surface area contributed by atoms with E-state index in [-0.39, 0.29) is 17.9 Å². The van der Waals surface area contributed by atoms with E-state index in [1.165, 1.54) is 7.11 Å². The molecule has 0 saturated carbocycles. The molecule has 2 aromatic rings. The third kappa shape index (κ3) is 5.40. The second-order valence-electron chi connectivity index (χ2n) is 6.57. The van der Waals surface area contributed by atoms with E-state index in [4.69, 9.17) is 16.3 Å². The highest BCUT2D eigenvalue weighted by molar-refractivity contribution is 6.25. The van der Waals surface area contributed by atoms with Crippen molar-refractivity contribution in [1.29, 1.82) is 0 Å². The van der Waals surface area contributed by atoms with E-state index in [2.05, 4.69) is 9.72 Å². The molecule has 0 radical (unpaired) electrons. The normalized spacial score (nSPS) is 19.4. The van der Waals surface area contributed by atoms with Crippen LogP contribution < -0.4 is 0 Å². The van der Waals surface area contributed by atoms with Crippen LogP contribution in [0.2, 0.25) is 0 Å². The highest BCUT2D eigenvalue weighted by Gasteiger charge is 2.23. The van der Waals surface area contributed by atoms with E-state index < -0.39 is 12.1 Å². The number of halogens is 1. The molecule has 0 saturated heterocycles. The number of aliphatic hydroxyl groups is 1. The van der Waals surface area contributed by atoms with Crippen LogP contribution in [0.4, 0.5) is 0 Å². The van der Waals surface area contributed by atoms with E-state index >= 15 is 0 Å². The Kier molecular flexibility index (Phi) is 7.72. The van der Waals surface area contributed by atoms with Crippen molar-refractivity contribution in [2.24, 2.45) is 0 Å². The van der Waals surface area contributed by atoms with E-state index in [1.54, 1.807) is 0 Å². The van der Waals surface area contributed by atoms with Gasteiger partial charge < -0.3 is 19.6 Å². The zero-order valence-electron chi connectivity index (χ0n) is 16.8. The number of benzene rings is 1. The molecule has 2 unspecified atom stereocenters. The number of H-pyrrole nitrogens is 1. The van der Waals surface area contributed by atoms with Gasteiger partial charge in [0, 0.05) is 16.5 Å². The van der Waals surface area contributed by atoms with E-state index in [1.807, 2.05) is 63.3 Å². The molecule has 1 heterocycles. The van der Waals surface area contributed by atoms with Gasteiger partial charge in [0.05, 0.1) is 30.2 Å². The molecule has 3 rings (SSSR count). The van der Waals surface area contributed by atoms with Crippen LogP contribution in [0.5, 0.6) is 0 Å². The Morgan fingerprint density at radius 3 is 2.71 bits per heavy atom. The second kappa shape index (κ2) is 9.80. The molecule has 0 spiro atoms. The number of carbonyl (C=O) groups excluding carboxylic acids is 1. The lowest BCUT2D eigenvalue weighted by Gasteiger charge is -2.20. The molecular formula is C22H28ClNO4. The summed E-state index contributed by atoms with van der Waals surface area (Å²) < 4.78 is 10.5. The first-order chi connectivity index (χ1) is 13.4. The van der Waals surface area contributed by atoms with Gasteiger partial charge >= 0.3 is 5.97 Å². The number of esters is 1.